The highest BCUT2D eigenvalue weighted by molar-refractivity contribution is 9.10. The van der Waals surface area contributed by atoms with Crippen molar-refractivity contribution in [2.24, 2.45) is 0 Å². The van der Waals surface area contributed by atoms with Crippen molar-refractivity contribution in [3.8, 4) is 0 Å². The van der Waals surface area contributed by atoms with Gasteiger partial charge in [-0.1, -0.05) is 15.9 Å². The third-order valence-electron chi connectivity index (χ3n) is 2.59. The molecule has 1 heterocycles. The van der Waals surface area contributed by atoms with Crippen LogP contribution in [0.15, 0.2) is 41.4 Å². The van der Waals surface area contributed by atoms with Gasteiger partial charge in [-0.05, 0) is 11.6 Å². The Morgan fingerprint density at radius 2 is 2.26 bits per heavy atom. The number of nitrogens with zero attached hydrogens (tertiary/aromatic N) is 3. The number of aromatic nitrogens is 2. The van der Waals surface area contributed by atoms with E-state index in [9.17, 15) is 10.1 Å². The maximum atomic E-state index is 10.7. The number of nitro groups is 1. The molecule has 0 saturated heterocycles. The van der Waals surface area contributed by atoms with Crippen molar-refractivity contribution < 1.29 is 4.92 Å². The Hall–Kier alpha value is -1.73. The van der Waals surface area contributed by atoms with E-state index in [-0.39, 0.29) is 10.6 Å². The Balaban J connectivity index is 1.87. The van der Waals surface area contributed by atoms with E-state index < -0.39 is 0 Å². The number of benzene rings is 1. The van der Waals surface area contributed by atoms with Crippen molar-refractivity contribution in [2.45, 2.75) is 13.1 Å². The zero-order valence-electron chi connectivity index (χ0n) is 10.1. The molecule has 19 heavy (non-hydrogen) atoms. The summed E-state index contributed by atoms with van der Waals surface area (Å²) >= 11 is 3.28. The Bertz CT molecular complexity index is 557. The molecule has 0 fully saturated rings. The second-order valence-electron chi connectivity index (χ2n) is 4.05. The SMILES string of the molecule is O=[N+]([O-])c1cc(Br)cc(CNCCn2ccnc2)c1. The highest BCUT2D eigenvalue weighted by Crippen LogP contribution is 2.21. The number of rotatable bonds is 6. The number of nitro benzene ring substituents is 1. The summed E-state index contributed by atoms with van der Waals surface area (Å²) in [5.41, 5.74) is 0.979. The van der Waals surface area contributed by atoms with Crippen LogP contribution in [-0.2, 0) is 13.1 Å². The Kier molecular flexibility index (Phi) is 4.64. The first kappa shape index (κ1) is 13.7. The molecule has 1 aromatic carbocycles. The predicted molar refractivity (Wildman–Crippen MR) is 74.7 cm³/mol. The minimum Gasteiger partial charge on any atom is -0.336 e. The fourth-order valence-corrected chi connectivity index (χ4v) is 2.23. The smallest absolute Gasteiger partial charge is 0.270 e. The lowest BCUT2D eigenvalue weighted by atomic mass is 10.2. The summed E-state index contributed by atoms with van der Waals surface area (Å²) in [5, 5.41) is 14.0. The van der Waals surface area contributed by atoms with E-state index in [0.29, 0.717) is 11.0 Å². The first-order valence-electron chi connectivity index (χ1n) is 5.75. The normalized spacial score (nSPS) is 10.6. The molecule has 0 radical (unpaired) electrons. The summed E-state index contributed by atoms with van der Waals surface area (Å²) in [6, 6.07) is 4.95. The van der Waals surface area contributed by atoms with E-state index in [4.69, 9.17) is 0 Å². The number of nitrogens with one attached hydrogen (secondary N) is 1. The Labute approximate surface area is 118 Å². The average Bonchev–Trinajstić information content (AvgIpc) is 2.87. The van der Waals surface area contributed by atoms with Crippen LogP contribution in [0.1, 0.15) is 5.56 Å². The van der Waals surface area contributed by atoms with Gasteiger partial charge in [0.15, 0.2) is 0 Å². The second kappa shape index (κ2) is 6.44. The minimum atomic E-state index is -0.389. The molecule has 7 heteroatoms. The highest BCUT2D eigenvalue weighted by atomic mass is 79.9. The summed E-state index contributed by atoms with van der Waals surface area (Å²) in [7, 11) is 0. The van der Waals surface area contributed by atoms with Gasteiger partial charge in [-0.25, -0.2) is 4.98 Å². The molecule has 0 atom stereocenters. The number of hydrogen-bond donors (Lipinski definition) is 1. The summed E-state index contributed by atoms with van der Waals surface area (Å²) in [6.07, 6.45) is 5.38. The molecule has 0 bridgehead atoms. The molecule has 1 aromatic heterocycles. The Morgan fingerprint density at radius 1 is 1.42 bits per heavy atom. The van der Waals surface area contributed by atoms with Crippen molar-refractivity contribution >= 4 is 21.6 Å². The second-order valence-corrected chi connectivity index (χ2v) is 4.97. The summed E-state index contributed by atoms with van der Waals surface area (Å²) in [4.78, 5) is 14.3. The van der Waals surface area contributed by atoms with Crippen LogP contribution < -0.4 is 5.32 Å². The summed E-state index contributed by atoms with van der Waals surface area (Å²) in [6.45, 7) is 2.18. The van der Waals surface area contributed by atoms with Crippen molar-refractivity contribution in [1.82, 2.24) is 14.9 Å². The zero-order chi connectivity index (χ0) is 13.7. The topological polar surface area (TPSA) is 73.0 Å². The van der Waals surface area contributed by atoms with Crippen LogP contribution in [0.4, 0.5) is 5.69 Å². The zero-order valence-corrected chi connectivity index (χ0v) is 11.7. The molecule has 0 unspecified atom stereocenters. The lowest BCUT2D eigenvalue weighted by Gasteiger charge is -2.06. The molecule has 0 aliphatic heterocycles. The number of non-ortho nitro benzene ring substituents is 1. The number of hydrogen-bond acceptors (Lipinski definition) is 4. The first-order chi connectivity index (χ1) is 9.15. The molecule has 6 nitrogen and oxygen atoms in total. The third-order valence-corrected chi connectivity index (χ3v) is 3.05. The molecule has 2 aromatic rings. The fourth-order valence-electron chi connectivity index (χ4n) is 1.70. The molecular formula is C12H13BrN4O2. The van der Waals surface area contributed by atoms with E-state index in [2.05, 4.69) is 26.2 Å². The van der Waals surface area contributed by atoms with Gasteiger partial charge in [-0.2, -0.15) is 0 Å². The summed E-state index contributed by atoms with van der Waals surface area (Å²) < 4.78 is 2.68. The maximum absolute atomic E-state index is 10.7. The largest absolute Gasteiger partial charge is 0.336 e. The predicted octanol–water partition coefficient (Wildman–Crippen LogP) is 2.34. The van der Waals surface area contributed by atoms with Crippen molar-refractivity contribution in [2.75, 3.05) is 6.54 Å². The van der Waals surface area contributed by atoms with Gasteiger partial charge in [-0.3, -0.25) is 10.1 Å². The standard InChI is InChI=1S/C12H13BrN4O2/c13-11-5-10(6-12(7-11)17(18)19)8-14-1-3-16-4-2-15-9-16/h2,4-7,9,14H,1,3,8H2. The lowest BCUT2D eigenvalue weighted by molar-refractivity contribution is -0.385. The molecular weight excluding hydrogens is 312 g/mol. The van der Waals surface area contributed by atoms with Crippen LogP contribution in [-0.4, -0.2) is 21.0 Å². The number of halogens is 1. The van der Waals surface area contributed by atoms with Crippen molar-refractivity contribution in [3.05, 3.63) is 57.1 Å². The van der Waals surface area contributed by atoms with E-state index in [1.165, 1.54) is 6.07 Å². The average molecular weight is 325 g/mol. The molecule has 0 saturated carbocycles. The van der Waals surface area contributed by atoms with E-state index >= 15 is 0 Å². The van der Waals surface area contributed by atoms with E-state index in [0.717, 1.165) is 18.7 Å². The molecule has 0 amide bonds. The van der Waals surface area contributed by atoms with Gasteiger partial charge >= 0.3 is 0 Å². The first-order valence-corrected chi connectivity index (χ1v) is 6.55. The molecule has 1 N–H and O–H groups in total. The molecule has 2 rings (SSSR count). The van der Waals surface area contributed by atoms with Gasteiger partial charge in [0.05, 0.1) is 11.3 Å². The highest BCUT2D eigenvalue weighted by Gasteiger charge is 2.08. The van der Waals surface area contributed by atoms with Crippen LogP contribution in [0.3, 0.4) is 0 Å². The van der Waals surface area contributed by atoms with E-state index in [1.807, 2.05) is 16.8 Å². The Morgan fingerprint density at radius 3 is 2.95 bits per heavy atom. The van der Waals surface area contributed by atoms with Crippen molar-refractivity contribution in [3.63, 3.8) is 0 Å². The third kappa shape index (κ3) is 4.15. The van der Waals surface area contributed by atoms with E-state index in [1.54, 1.807) is 18.6 Å². The van der Waals surface area contributed by atoms with Gasteiger partial charge in [0.2, 0.25) is 0 Å². The monoisotopic (exact) mass is 324 g/mol. The molecule has 0 aliphatic rings. The van der Waals surface area contributed by atoms with Crippen LogP contribution >= 0.6 is 15.9 Å². The maximum Gasteiger partial charge on any atom is 0.270 e. The number of imidazole rings is 1. The lowest BCUT2D eigenvalue weighted by Crippen LogP contribution is -2.19. The van der Waals surface area contributed by atoms with Gasteiger partial charge < -0.3 is 9.88 Å². The molecule has 0 spiro atoms. The summed E-state index contributed by atoms with van der Waals surface area (Å²) in [5.74, 6) is 0. The van der Waals surface area contributed by atoms with Crippen molar-refractivity contribution in [1.29, 1.82) is 0 Å². The molecule has 0 aliphatic carbocycles. The minimum absolute atomic E-state index is 0.0979. The molecule has 100 valence electrons. The van der Waals surface area contributed by atoms with Gasteiger partial charge in [0.25, 0.3) is 5.69 Å². The van der Waals surface area contributed by atoms with Crippen LogP contribution in [0.5, 0.6) is 0 Å². The quantitative estimate of drug-likeness (QED) is 0.503. The van der Waals surface area contributed by atoms with Crippen LogP contribution in [0, 0.1) is 10.1 Å². The van der Waals surface area contributed by atoms with Crippen LogP contribution in [0.25, 0.3) is 0 Å². The van der Waals surface area contributed by atoms with Crippen LogP contribution in [0.2, 0.25) is 0 Å². The van der Waals surface area contributed by atoms with Gasteiger partial charge in [0, 0.05) is 48.6 Å². The van der Waals surface area contributed by atoms with Gasteiger partial charge in [0.1, 0.15) is 0 Å². The van der Waals surface area contributed by atoms with Gasteiger partial charge in [-0.15, -0.1) is 0 Å². The fraction of sp³-hybridized carbons (Fsp3) is 0.250.